The van der Waals surface area contributed by atoms with Gasteiger partial charge in [0.1, 0.15) is 35.6 Å². The summed E-state index contributed by atoms with van der Waals surface area (Å²) >= 11 is 0. The highest BCUT2D eigenvalue weighted by Crippen LogP contribution is 2.17. The molecule has 140 valence electrons. The third-order valence-electron chi connectivity index (χ3n) is 3.80. The number of hydrogen-bond donors (Lipinski definition) is 2. The van der Waals surface area contributed by atoms with Crippen LogP contribution in [0.3, 0.4) is 0 Å². The van der Waals surface area contributed by atoms with Crippen molar-refractivity contribution >= 4 is 11.6 Å². The minimum absolute atomic E-state index is 0.523. The lowest BCUT2D eigenvalue weighted by Crippen LogP contribution is -2.13. The molecule has 0 amide bonds. The lowest BCUT2D eigenvalue weighted by atomic mass is 10.3. The Morgan fingerprint density at radius 1 is 0.889 bits per heavy atom. The number of rotatable bonds is 9. The number of nitrogens with zero attached hydrogens (tertiary/aromatic N) is 3. The van der Waals surface area contributed by atoms with Gasteiger partial charge in [-0.2, -0.15) is 0 Å². The summed E-state index contributed by atoms with van der Waals surface area (Å²) in [7, 11) is 1.64. The van der Waals surface area contributed by atoms with Crippen LogP contribution in [0, 0.1) is 6.92 Å². The van der Waals surface area contributed by atoms with Crippen molar-refractivity contribution in [1.82, 2.24) is 15.0 Å². The van der Waals surface area contributed by atoms with Crippen molar-refractivity contribution in [2.45, 2.75) is 13.5 Å². The third kappa shape index (κ3) is 5.85. The molecular formula is C20H23N5O2. The van der Waals surface area contributed by atoms with E-state index in [0.717, 1.165) is 28.7 Å². The quantitative estimate of drug-likeness (QED) is 0.563. The van der Waals surface area contributed by atoms with Gasteiger partial charge >= 0.3 is 0 Å². The van der Waals surface area contributed by atoms with Gasteiger partial charge in [0, 0.05) is 25.0 Å². The van der Waals surface area contributed by atoms with Crippen molar-refractivity contribution in [3.63, 3.8) is 0 Å². The van der Waals surface area contributed by atoms with Gasteiger partial charge in [-0.3, -0.25) is 4.98 Å². The molecule has 0 radical (unpaired) electrons. The van der Waals surface area contributed by atoms with Crippen LogP contribution in [0.2, 0.25) is 0 Å². The summed E-state index contributed by atoms with van der Waals surface area (Å²) in [6.45, 7) is 3.71. The number of anilines is 2. The topological polar surface area (TPSA) is 81.2 Å². The first-order chi connectivity index (χ1) is 13.2. The molecular weight excluding hydrogens is 342 g/mol. The van der Waals surface area contributed by atoms with Crippen LogP contribution in [0.4, 0.5) is 11.6 Å². The van der Waals surface area contributed by atoms with Crippen molar-refractivity contribution in [3.8, 4) is 11.5 Å². The molecule has 3 rings (SSSR count). The first-order valence-electron chi connectivity index (χ1n) is 8.72. The van der Waals surface area contributed by atoms with E-state index >= 15 is 0 Å². The van der Waals surface area contributed by atoms with Crippen molar-refractivity contribution < 1.29 is 9.47 Å². The molecule has 0 bridgehead atoms. The molecule has 0 unspecified atom stereocenters. The van der Waals surface area contributed by atoms with Crippen LogP contribution < -0.4 is 20.1 Å². The van der Waals surface area contributed by atoms with Gasteiger partial charge in [0.25, 0.3) is 0 Å². The highest BCUT2D eigenvalue weighted by molar-refractivity contribution is 5.47. The fourth-order valence-electron chi connectivity index (χ4n) is 2.46. The van der Waals surface area contributed by atoms with E-state index in [1.807, 2.05) is 49.4 Å². The Kier molecular flexibility index (Phi) is 6.40. The smallest absolute Gasteiger partial charge is 0.132 e. The van der Waals surface area contributed by atoms with E-state index in [9.17, 15) is 0 Å². The summed E-state index contributed by atoms with van der Waals surface area (Å²) < 4.78 is 10.8. The second kappa shape index (κ2) is 9.38. The number of ether oxygens (including phenoxy) is 2. The standard InChI is InChI=1S/C20H23N5O2/c1-15-24-19(13-20(25-15)23-14-16-7-9-21-10-8-16)22-11-12-27-18-5-3-17(26-2)4-6-18/h3-10,13H,11-12,14H2,1-2H3,(H2,22,23,24,25). The van der Waals surface area contributed by atoms with Gasteiger partial charge in [0.15, 0.2) is 0 Å². The summed E-state index contributed by atoms with van der Waals surface area (Å²) in [6, 6.07) is 13.3. The molecule has 0 aliphatic heterocycles. The van der Waals surface area contributed by atoms with E-state index in [-0.39, 0.29) is 0 Å². The van der Waals surface area contributed by atoms with Gasteiger partial charge in [-0.05, 0) is 48.9 Å². The molecule has 0 saturated carbocycles. The number of aromatic nitrogens is 3. The highest BCUT2D eigenvalue weighted by Gasteiger charge is 2.02. The zero-order valence-electron chi connectivity index (χ0n) is 15.5. The minimum atomic E-state index is 0.523. The first kappa shape index (κ1) is 18.4. The van der Waals surface area contributed by atoms with Crippen LogP contribution in [-0.2, 0) is 6.54 Å². The normalized spacial score (nSPS) is 10.3. The molecule has 0 spiro atoms. The van der Waals surface area contributed by atoms with Crippen LogP contribution in [0.15, 0.2) is 54.9 Å². The minimum Gasteiger partial charge on any atom is -0.497 e. The maximum atomic E-state index is 5.71. The average molecular weight is 365 g/mol. The molecule has 2 aromatic heterocycles. The number of methoxy groups -OCH3 is 1. The molecule has 1 aromatic carbocycles. The molecule has 0 fully saturated rings. The fraction of sp³-hybridized carbons (Fsp3) is 0.250. The third-order valence-corrected chi connectivity index (χ3v) is 3.80. The monoisotopic (exact) mass is 365 g/mol. The van der Waals surface area contributed by atoms with E-state index in [2.05, 4.69) is 25.6 Å². The molecule has 0 saturated heterocycles. The van der Waals surface area contributed by atoms with Crippen LogP contribution in [0.1, 0.15) is 11.4 Å². The van der Waals surface area contributed by atoms with Crippen molar-refractivity contribution in [2.75, 3.05) is 30.9 Å². The molecule has 2 heterocycles. The number of hydrogen-bond acceptors (Lipinski definition) is 7. The summed E-state index contributed by atoms with van der Waals surface area (Å²) in [6.07, 6.45) is 3.55. The van der Waals surface area contributed by atoms with Crippen molar-refractivity contribution in [3.05, 3.63) is 66.2 Å². The predicted molar refractivity (Wildman–Crippen MR) is 105 cm³/mol. The SMILES string of the molecule is COc1ccc(OCCNc2cc(NCc3ccncc3)nc(C)n2)cc1. The van der Waals surface area contributed by atoms with Crippen molar-refractivity contribution in [1.29, 1.82) is 0 Å². The predicted octanol–water partition coefficient (Wildman–Crippen LogP) is 3.29. The Morgan fingerprint density at radius 2 is 1.56 bits per heavy atom. The van der Waals surface area contributed by atoms with Crippen LogP contribution in [-0.4, -0.2) is 35.2 Å². The van der Waals surface area contributed by atoms with E-state index in [1.54, 1.807) is 19.5 Å². The molecule has 3 aromatic rings. The molecule has 7 heteroatoms. The molecule has 0 aliphatic rings. The zero-order chi connectivity index (χ0) is 18.9. The second-order valence-corrected chi connectivity index (χ2v) is 5.85. The van der Waals surface area contributed by atoms with Crippen LogP contribution >= 0.6 is 0 Å². The van der Waals surface area contributed by atoms with E-state index < -0.39 is 0 Å². The van der Waals surface area contributed by atoms with E-state index in [1.165, 1.54) is 0 Å². The van der Waals surface area contributed by atoms with Crippen LogP contribution in [0.25, 0.3) is 0 Å². The average Bonchev–Trinajstić information content (AvgIpc) is 2.70. The molecule has 0 aliphatic carbocycles. The summed E-state index contributed by atoms with van der Waals surface area (Å²) in [5.41, 5.74) is 1.14. The Labute approximate surface area is 158 Å². The molecule has 27 heavy (non-hydrogen) atoms. The van der Waals surface area contributed by atoms with Gasteiger partial charge in [-0.15, -0.1) is 0 Å². The Bertz CT molecular complexity index is 841. The van der Waals surface area contributed by atoms with E-state index in [4.69, 9.17) is 9.47 Å². The zero-order valence-corrected chi connectivity index (χ0v) is 15.5. The molecule has 7 nitrogen and oxygen atoms in total. The summed E-state index contributed by atoms with van der Waals surface area (Å²) in [5.74, 6) is 3.85. The number of nitrogens with one attached hydrogen (secondary N) is 2. The van der Waals surface area contributed by atoms with Gasteiger partial charge < -0.3 is 20.1 Å². The molecule has 2 N–H and O–H groups in total. The highest BCUT2D eigenvalue weighted by atomic mass is 16.5. The number of pyridine rings is 1. The van der Waals surface area contributed by atoms with Crippen LogP contribution in [0.5, 0.6) is 11.5 Å². The lowest BCUT2D eigenvalue weighted by Gasteiger charge is -2.11. The second-order valence-electron chi connectivity index (χ2n) is 5.85. The van der Waals surface area contributed by atoms with E-state index in [0.29, 0.717) is 25.5 Å². The summed E-state index contributed by atoms with van der Waals surface area (Å²) in [4.78, 5) is 12.9. The number of aryl methyl sites for hydroxylation is 1. The van der Waals surface area contributed by atoms with Gasteiger partial charge in [0.05, 0.1) is 13.7 Å². The first-order valence-corrected chi connectivity index (χ1v) is 8.72. The lowest BCUT2D eigenvalue weighted by molar-refractivity contribution is 0.331. The van der Waals surface area contributed by atoms with Crippen molar-refractivity contribution in [2.24, 2.45) is 0 Å². The fourth-order valence-corrected chi connectivity index (χ4v) is 2.46. The largest absolute Gasteiger partial charge is 0.497 e. The Balaban J connectivity index is 1.48. The van der Waals surface area contributed by atoms with Gasteiger partial charge in [-0.25, -0.2) is 9.97 Å². The Morgan fingerprint density at radius 3 is 2.26 bits per heavy atom. The summed E-state index contributed by atoms with van der Waals surface area (Å²) in [5, 5.41) is 6.57. The van der Waals surface area contributed by atoms with Gasteiger partial charge in [0.2, 0.25) is 0 Å². The van der Waals surface area contributed by atoms with Gasteiger partial charge in [-0.1, -0.05) is 0 Å². The number of benzene rings is 1. The Hall–Kier alpha value is -3.35. The molecule has 0 atom stereocenters. The maximum absolute atomic E-state index is 5.71. The maximum Gasteiger partial charge on any atom is 0.132 e.